The molecule has 0 saturated heterocycles. The van der Waals surface area contributed by atoms with Crippen molar-refractivity contribution in [2.45, 2.75) is 17.7 Å². The Morgan fingerprint density at radius 1 is 1.12 bits per heavy atom. The van der Waals surface area contributed by atoms with Gasteiger partial charge in [0.05, 0.1) is 4.90 Å². The van der Waals surface area contributed by atoms with E-state index in [9.17, 15) is 13.2 Å². The van der Waals surface area contributed by atoms with Crippen LogP contribution in [0.25, 0.3) is 0 Å². The summed E-state index contributed by atoms with van der Waals surface area (Å²) in [6.07, 6.45) is 2.32. The van der Waals surface area contributed by atoms with Gasteiger partial charge in [-0.3, -0.25) is 9.52 Å². The van der Waals surface area contributed by atoms with Crippen LogP contribution in [-0.4, -0.2) is 20.9 Å². The van der Waals surface area contributed by atoms with Gasteiger partial charge in [0, 0.05) is 22.3 Å². The van der Waals surface area contributed by atoms with Gasteiger partial charge < -0.3 is 5.32 Å². The Hall–Kier alpha value is -1.86. The quantitative estimate of drug-likeness (QED) is 0.768. The van der Waals surface area contributed by atoms with Crippen LogP contribution in [0.4, 0.5) is 5.69 Å². The van der Waals surface area contributed by atoms with Gasteiger partial charge in [-0.1, -0.05) is 22.0 Å². The number of halogens is 1. The summed E-state index contributed by atoms with van der Waals surface area (Å²) in [7, 11) is -3.69. The molecule has 0 bridgehead atoms. The van der Waals surface area contributed by atoms with Crippen molar-refractivity contribution < 1.29 is 13.2 Å². The topological polar surface area (TPSA) is 75.3 Å². The number of amides is 1. The third-order valence-corrected chi connectivity index (χ3v) is 5.67. The predicted molar refractivity (Wildman–Crippen MR) is 96.4 cm³/mol. The van der Waals surface area contributed by atoms with E-state index < -0.39 is 10.0 Å². The number of sulfonamides is 1. The summed E-state index contributed by atoms with van der Waals surface area (Å²) in [6.45, 7) is 0.674. The third-order valence-electron chi connectivity index (χ3n) is 3.75. The van der Waals surface area contributed by atoms with E-state index in [0.717, 1.165) is 17.3 Å². The average molecular weight is 409 g/mol. The molecule has 126 valence electrons. The molecule has 0 unspecified atom stereocenters. The summed E-state index contributed by atoms with van der Waals surface area (Å²) < 4.78 is 28.1. The summed E-state index contributed by atoms with van der Waals surface area (Å²) >= 11 is 3.27. The Kier molecular flexibility index (Phi) is 4.91. The molecule has 0 radical (unpaired) electrons. The van der Waals surface area contributed by atoms with Gasteiger partial charge in [0.25, 0.3) is 15.9 Å². The van der Waals surface area contributed by atoms with Crippen LogP contribution in [0.3, 0.4) is 0 Å². The van der Waals surface area contributed by atoms with Crippen LogP contribution in [0.15, 0.2) is 57.9 Å². The first kappa shape index (κ1) is 17.0. The number of anilines is 1. The van der Waals surface area contributed by atoms with Gasteiger partial charge in [-0.25, -0.2) is 8.42 Å². The Bertz CT molecular complexity index is 846. The summed E-state index contributed by atoms with van der Waals surface area (Å²) in [5.74, 6) is 0.402. The molecule has 2 aromatic carbocycles. The Balaban J connectivity index is 1.73. The molecule has 1 aliphatic carbocycles. The van der Waals surface area contributed by atoms with E-state index in [-0.39, 0.29) is 10.8 Å². The minimum Gasteiger partial charge on any atom is -0.352 e. The van der Waals surface area contributed by atoms with E-state index in [1.165, 1.54) is 12.1 Å². The van der Waals surface area contributed by atoms with E-state index in [4.69, 9.17) is 0 Å². The Morgan fingerprint density at radius 2 is 1.83 bits per heavy atom. The van der Waals surface area contributed by atoms with Crippen molar-refractivity contribution in [1.82, 2.24) is 5.32 Å². The van der Waals surface area contributed by atoms with E-state index >= 15 is 0 Å². The molecule has 3 rings (SSSR count). The SMILES string of the molecule is O=C(NCC1CC1)c1cccc(NS(=O)(=O)c2ccc(Br)cc2)c1. The normalized spacial score (nSPS) is 14.2. The van der Waals surface area contributed by atoms with Crippen LogP contribution < -0.4 is 10.0 Å². The summed E-state index contributed by atoms with van der Waals surface area (Å²) in [5, 5.41) is 2.87. The summed E-state index contributed by atoms with van der Waals surface area (Å²) in [5.41, 5.74) is 0.795. The zero-order chi connectivity index (χ0) is 17.2. The molecule has 7 heteroatoms. The van der Waals surface area contributed by atoms with Gasteiger partial charge in [-0.15, -0.1) is 0 Å². The molecule has 5 nitrogen and oxygen atoms in total. The van der Waals surface area contributed by atoms with E-state index in [1.807, 2.05) is 0 Å². The van der Waals surface area contributed by atoms with Crippen molar-refractivity contribution in [3.05, 3.63) is 58.6 Å². The maximum Gasteiger partial charge on any atom is 0.261 e. The van der Waals surface area contributed by atoms with E-state index in [0.29, 0.717) is 23.7 Å². The second-order valence-electron chi connectivity index (χ2n) is 5.79. The number of rotatable bonds is 6. The monoisotopic (exact) mass is 408 g/mol. The van der Waals surface area contributed by atoms with Crippen molar-refractivity contribution in [3.8, 4) is 0 Å². The highest BCUT2D eigenvalue weighted by atomic mass is 79.9. The standard InChI is InChI=1S/C17H17BrN2O3S/c18-14-6-8-16(9-7-14)24(22,23)20-15-3-1-2-13(10-15)17(21)19-11-12-4-5-12/h1-3,6-10,12,20H,4-5,11H2,(H,19,21). The van der Waals surface area contributed by atoms with E-state index in [2.05, 4.69) is 26.0 Å². The summed E-state index contributed by atoms with van der Waals surface area (Å²) in [6, 6.07) is 12.8. The molecule has 1 aliphatic rings. The second kappa shape index (κ2) is 6.94. The minimum absolute atomic E-state index is 0.161. The molecule has 1 fully saturated rings. The highest BCUT2D eigenvalue weighted by Gasteiger charge is 2.22. The molecule has 2 aromatic rings. The van der Waals surface area contributed by atoms with Gasteiger partial charge in [0.1, 0.15) is 0 Å². The van der Waals surface area contributed by atoms with Crippen molar-refractivity contribution in [2.24, 2.45) is 5.92 Å². The van der Waals surface area contributed by atoms with Crippen LogP contribution >= 0.6 is 15.9 Å². The molecule has 0 spiro atoms. The lowest BCUT2D eigenvalue weighted by atomic mass is 10.2. The average Bonchev–Trinajstić information content (AvgIpc) is 3.37. The lowest BCUT2D eigenvalue weighted by Gasteiger charge is -2.10. The Morgan fingerprint density at radius 3 is 2.50 bits per heavy atom. The molecule has 1 amide bonds. The first-order valence-corrected chi connectivity index (χ1v) is 9.88. The molecular weight excluding hydrogens is 392 g/mol. The molecule has 0 aliphatic heterocycles. The number of hydrogen-bond donors (Lipinski definition) is 2. The third kappa shape index (κ3) is 4.36. The number of carbonyl (C=O) groups excluding carboxylic acids is 1. The largest absolute Gasteiger partial charge is 0.352 e. The van der Waals surface area contributed by atoms with Crippen molar-refractivity contribution in [3.63, 3.8) is 0 Å². The van der Waals surface area contributed by atoms with Crippen molar-refractivity contribution >= 4 is 37.5 Å². The highest BCUT2D eigenvalue weighted by Crippen LogP contribution is 2.27. The molecular formula is C17H17BrN2O3S. The van der Waals surface area contributed by atoms with Gasteiger partial charge in [0.15, 0.2) is 0 Å². The highest BCUT2D eigenvalue weighted by molar-refractivity contribution is 9.10. The fourth-order valence-electron chi connectivity index (χ4n) is 2.21. The number of hydrogen-bond acceptors (Lipinski definition) is 3. The minimum atomic E-state index is -3.69. The van der Waals surface area contributed by atoms with Crippen LogP contribution in [0.2, 0.25) is 0 Å². The zero-order valence-electron chi connectivity index (χ0n) is 12.8. The number of carbonyl (C=O) groups is 1. The van der Waals surface area contributed by atoms with Crippen LogP contribution in [0, 0.1) is 5.92 Å². The van der Waals surface area contributed by atoms with Gasteiger partial charge in [0.2, 0.25) is 0 Å². The number of benzene rings is 2. The fraction of sp³-hybridized carbons (Fsp3) is 0.235. The zero-order valence-corrected chi connectivity index (χ0v) is 15.2. The lowest BCUT2D eigenvalue weighted by molar-refractivity contribution is 0.0952. The van der Waals surface area contributed by atoms with Gasteiger partial charge in [-0.2, -0.15) is 0 Å². The molecule has 0 aromatic heterocycles. The Labute approximate surface area is 149 Å². The summed E-state index contributed by atoms with van der Waals surface area (Å²) in [4.78, 5) is 12.3. The van der Waals surface area contributed by atoms with Crippen LogP contribution in [0.5, 0.6) is 0 Å². The molecule has 2 N–H and O–H groups in total. The van der Waals surface area contributed by atoms with E-state index in [1.54, 1.807) is 36.4 Å². The lowest BCUT2D eigenvalue weighted by Crippen LogP contribution is -2.25. The van der Waals surface area contributed by atoms with Crippen LogP contribution in [-0.2, 0) is 10.0 Å². The molecule has 1 saturated carbocycles. The maximum absolute atomic E-state index is 12.4. The smallest absolute Gasteiger partial charge is 0.261 e. The fourth-order valence-corrected chi connectivity index (χ4v) is 3.53. The predicted octanol–water partition coefficient (Wildman–Crippen LogP) is 3.39. The first-order valence-electron chi connectivity index (χ1n) is 7.61. The molecule has 0 heterocycles. The molecule has 0 atom stereocenters. The maximum atomic E-state index is 12.4. The molecule has 24 heavy (non-hydrogen) atoms. The van der Waals surface area contributed by atoms with Crippen molar-refractivity contribution in [2.75, 3.05) is 11.3 Å². The first-order chi connectivity index (χ1) is 11.4. The second-order valence-corrected chi connectivity index (χ2v) is 8.39. The number of nitrogens with one attached hydrogen (secondary N) is 2. The van der Waals surface area contributed by atoms with Gasteiger partial charge >= 0.3 is 0 Å². The van der Waals surface area contributed by atoms with Gasteiger partial charge in [-0.05, 0) is 61.2 Å². The van der Waals surface area contributed by atoms with Crippen LogP contribution in [0.1, 0.15) is 23.2 Å². The van der Waals surface area contributed by atoms with Crippen molar-refractivity contribution in [1.29, 1.82) is 0 Å².